The van der Waals surface area contributed by atoms with Crippen LogP contribution >= 0.6 is 0 Å². The Hall–Kier alpha value is -2.70. The van der Waals surface area contributed by atoms with E-state index in [-0.39, 0.29) is 24.3 Å². The van der Waals surface area contributed by atoms with E-state index in [9.17, 15) is 14.7 Å². The van der Waals surface area contributed by atoms with Gasteiger partial charge in [0, 0.05) is 43.3 Å². The summed E-state index contributed by atoms with van der Waals surface area (Å²) in [6.45, 7) is 2.46. The number of carbonyl (C=O) groups is 2. The van der Waals surface area contributed by atoms with Gasteiger partial charge in [-0.1, -0.05) is 30.3 Å². The maximum absolute atomic E-state index is 12.5. The zero-order valence-corrected chi connectivity index (χ0v) is 16.2. The molecular formula is C23H25N3O3. The lowest BCUT2D eigenvalue weighted by molar-refractivity contribution is -0.117. The van der Waals surface area contributed by atoms with E-state index in [0.29, 0.717) is 18.0 Å². The molecule has 150 valence electrons. The molecule has 6 heteroatoms. The van der Waals surface area contributed by atoms with E-state index >= 15 is 0 Å². The highest BCUT2D eigenvalue weighted by Gasteiger charge is 2.48. The molecule has 0 bridgehead atoms. The van der Waals surface area contributed by atoms with Crippen molar-refractivity contribution in [3.63, 3.8) is 0 Å². The molecule has 2 heterocycles. The number of hydrogen-bond donors (Lipinski definition) is 3. The Morgan fingerprint density at radius 2 is 2.03 bits per heavy atom. The number of aliphatic hydroxyl groups is 1. The molecule has 3 N–H and O–H groups in total. The van der Waals surface area contributed by atoms with Crippen molar-refractivity contribution < 1.29 is 14.7 Å². The van der Waals surface area contributed by atoms with Crippen LogP contribution in [-0.4, -0.2) is 47.6 Å². The topological polar surface area (TPSA) is 81.7 Å². The quantitative estimate of drug-likeness (QED) is 0.727. The molecule has 0 aromatic heterocycles. The standard InChI is InChI=1S/C23H25N3O3/c27-17(13-26-8-7-14-3-1-2-4-16(14)12-26)11-24-22(28)15-5-6-18-19-10-20(19)23(29)25-21(18)9-15/h1-6,9,17,19-20,27H,7-8,10-13H2,(H,24,28)(H,25,29). The zero-order chi connectivity index (χ0) is 20.0. The molecule has 2 amide bonds. The molecule has 3 atom stereocenters. The molecule has 0 spiro atoms. The second-order valence-electron chi connectivity index (χ2n) is 8.36. The summed E-state index contributed by atoms with van der Waals surface area (Å²) in [5.74, 6) is 0.244. The SMILES string of the molecule is O=C(NCC(O)CN1CCc2ccccc2C1)c1ccc2c(c1)NC(=O)C1CC21. The van der Waals surface area contributed by atoms with Crippen LogP contribution in [0.5, 0.6) is 0 Å². The zero-order valence-electron chi connectivity index (χ0n) is 16.2. The molecule has 2 aromatic carbocycles. The first kappa shape index (κ1) is 18.3. The van der Waals surface area contributed by atoms with Gasteiger partial charge < -0.3 is 15.7 Å². The van der Waals surface area contributed by atoms with Gasteiger partial charge in [-0.25, -0.2) is 0 Å². The van der Waals surface area contributed by atoms with Gasteiger partial charge in [-0.05, 0) is 47.6 Å². The highest BCUT2D eigenvalue weighted by atomic mass is 16.3. The molecule has 6 nitrogen and oxygen atoms in total. The maximum Gasteiger partial charge on any atom is 0.251 e. The first-order chi connectivity index (χ1) is 14.1. The minimum absolute atomic E-state index is 0.0542. The number of nitrogens with zero attached hydrogens (tertiary/aromatic N) is 1. The van der Waals surface area contributed by atoms with Gasteiger partial charge in [-0.15, -0.1) is 0 Å². The second-order valence-corrected chi connectivity index (χ2v) is 8.36. The Morgan fingerprint density at radius 3 is 2.90 bits per heavy atom. The van der Waals surface area contributed by atoms with Crippen LogP contribution in [0.1, 0.15) is 39.4 Å². The fraction of sp³-hybridized carbons (Fsp3) is 0.391. The first-order valence-electron chi connectivity index (χ1n) is 10.3. The molecule has 3 unspecified atom stereocenters. The minimum atomic E-state index is -0.631. The first-order valence-corrected chi connectivity index (χ1v) is 10.3. The number of carbonyl (C=O) groups excluding carboxylic acids is 2. The van der Waals surface area contributed by atoms with E-state index < -0.39 is 6.10 Å². The van der Waals surface area contributed by atoms with Gasteiger partial charge in [-0.2, -0.15) is 0 Å². The monoisotopic (exact) mass is 391 g/mol. The molecule has 5 rings (SSSR count). The van der Waals surface area contributed by atoms with Crippen molar-refractivity contribution in [3.8, 4) is 0 Å². The van der Waals surface area contributed by atoms with Gasteiger partial charge >= 0.3 is 0 Å². The molecular weight excluding hydrogens is 366 g/mol. The Bertz CT molecular complexity index is 974. The van der Waals surface area contributed by atoms with Gasteiger partial charge in [0.25, 0.3) is 5.91 Å². The van der Waals surface area contributed by atoms with Crippen LogP contribution in [0.4, 0.5) is 5.69 Å². The largest absolute Gasteiger partial charge is 0.390 e. The van der Waals surface area contributed by atoms with Gasteiger partial charge in [0.2, 0.25) is 5.91 Å². The van der Waals surface area contributed by atoms with Crippen LogP contribution in [0.3, 0.4) is 0 Å². The van der Waals surface area contributed by atoms with Crippen molar-refractivity contribution in [1.82, 2.24) is 10.2 Å². The van der Waals surface area contributed by atoms with E-state index in [1.807, 2.05) is 12.1 Å². The van der Waals surface area contributed by atoms with E-state index in [4.69, 9.17) is 0 Å². The minimum Gasteiger partial charge on any atom is -0.390 e. The van der Waals surface area contributed by atoms with Crippen molar-refractivity contribution >= 4 is 17.5 Å². The molecule has 1 fully saturated rings. The van der Waals surface area contributed by atoms with Crippen LogP contribution in [0.2, 0.25) is 0 Å². The lowest BCUT2D eigenvalue weighted by Crippen LogP contribution is -2.42. The number of amides is 2. The van der Waals surface area contributed by atoms with Crippen molar-refractivity contribution in [2.24, 2.45) is 5.92 Å². The molecule has 29 heavy (non-hydrogen) atoms. The van der Waals surface area contributed by atoms with Gasteiger partial charge in [0.15, 0.2) is 0 Å². The number of rotatable bonds is 5. The summed E-state index contributed by atoms with van der Waals surface area (Å²) in [5.41, 5.74) is 5.06. The molecule has 1 aliphatic carbocycles. The highest BCUT2D eigenvalue weighted by molar-refractivity contribution is 6.02. The van der Waals surface area contributed by atoms with E-state index in [2.05, 4.69) is 33.7 Å². The number of aliphatic hydroxyl groups excluding tert-OH is 1. The second kappa shape index (κ2) is 7.28. The predicted molar refractivity (Wildman–Crippen MR) is 110 cm³/mol. The Labute approximate surface area is 169 Å². The molecule has 3 aliphatic rings. The number of β-amino-alcohol motifs (C(OH)–C–C–N with tert-alkyl or cyclic N) is 1. The fourth-order valence-corrected chi connectivity index (χ4v) is 4.57. The van der Waals surface area contributed by atoms with Crippen molar-refractivity contribution in [3.05, 3.63) is 64.7 Å². The number of benzene rings is 2. The molecule has 2 aromatic rings. The van der Waals surface area contributed by atoms with Gasteiger partial charge in [0.1, 0.15) is 0 Å². The molecule has 0 radical (unpaired) electrons. The predicted octanol–water partition coefficient (Wildman–Crippen LogP) is 1.89. The van der Waals surface area contributed by atoms with E-state index in [0.717, 1.165) is 37.2 Å². The summed E-state index contributed by atoms with van der Waals surface area (Å²) in [6.07, 6.45) is 1.25. The molecule has 1 saturated carbocycles. The Balaban J connectivity index is 1.15. The van der Waals surface area contributed by atoms with Crippen LogP contribution in [0.15, 0.2) is 42.5 Å². The van der Waals surface area contributed by atoms with Crippen molar-refractivity contribution in [2.45, 2.75) is 31.4 Å². The third-order valence-corrected chi connectivity index (χ3v) is 6.28. The van der Waals surface area contributed by atoms with Crippen molar-refractivity contribution in [2.75, 3.05) is 25.0 Å². The van der Waals surface area contributed by atoms with Crippen LogP contribution in [-0.2, 0) is 17.8 Å². The summed E-state index contributed by atoms with van der Waals surface area (Å²) in [4.78, 5) is 26.6. The summed E-state index contributed by atoms with van der Waals surface area (Å²) in [5, 5.41) is 16.1. The number of hydrogen-bond acceptors (Lipinski definition) is 4. The van der Waals surface area contributed by atoms with Crippen LogP contribution in [0.25, 0.3) is 0 Å². The maximum atomic E-state index is 12.5. The van der Waals surface area contributed by atoms with Crippen LogP contribution in [0, 0.1) is 5.92 Å². The average molecular weight is 391 g/mol. The number of anilines is 1. The highest BCUT2D eigenvalue weighted by Crippen LogP contribution is 2.53. The smallest absolute Gasteiger partial charge is 0.251 e. The third-order valence-electron chi connectivity index (χ3n) is 6.28. The van der Waals surface area contributed by atoms with Crippen molar-refractivity contribution in [1.29, 1.82) is 0 Å². The summed E-state index contributed by atoms with van der Waals surface area (Å²) in [7, 11) is 0. The lowest BCUT2D eigenvalue weighted by atomic mass is 9.99. The van der Waals surface area contributed by atoms with E-state index in [1.165, 1.54) is 11.1 Å². The van der Waals surface area contributed by atoms with Gasteiger partial charge in [-0.3, -0.25) is 14.5 Å². The summed E-state index contributed by atoms with van der Waals surface area (Å²) >= 11 is 0. The molecule has 2 aliphatic heterocycles. The summed E-state index contributed by atoms with van der Waals surface area (Å²) < 4.78 is 0. The Morgan fingerprint density at radius 1 is 1.21 bits per heavy atom. The number of nitrogens with one attached hydrogen (secondary N) is 2. The summed E-state index contributed by atoms with van der Waals surface area (Å²) in [6, 6.07) is 13.9. The number of fused-ring (bicyclic) bond motifs is 4. The van der Waals surface area contributed by atoms with Crippen LogP contribution < -0.4 is 10.6 Å². The third kappa shape index (κ3) is 3.66. The normalized spacial score (nSPS) is 23.3. The lowest BCUT2D eigenvalue weighted by Gasteiger charge is -2.30. The fourth-order valence-electron chi connectivity index (χ4n) is 4.57. The van der Waals surface area contributed by atoms with Gasteiger partial charge in [0.05, 0.1) is 6.10 Å². The average Bonchev–Trinajstić information content (AvgIpc) is 3.53. The molecule has 0 saturated heterocycles. The Kier molecular flexibility index (Phi) is 4.60. The van der Waals surface area contributed by atoms with E-state index in [1.54, 1.807) is 12.1 Å².